The summed E-state index contributed by atoms with van der Waals surface area (Å²) in [5.74, 6) is -1.12. The molecule has 0 aliphatic carbocycles. The molecular weight excluding hydrogens is 158 g/mol. The zero-order valence-corrected chi connectivity index (χ0v) is 6.83. The standard InChI is InChI=1S/C8H9NO3/c1-4-6(8(11)12)3-9-5(2)7(4)10/h3,10H,1-2H3,(H,11,12). The van der Waals surface area contributed by atoms with Gasteiger partial charge in [0.25, 0.3) is 0 Å². The fourth-order valence-electron chi connectivity index (χ4n) is 0.934. The first kappa shape index (κ1) is 8.52. The molecule has 0 aliphatic rings. The van der Waals surface area contributed by atoms with Crippen LogP contribution >= 0.6 is 0 Å². The summed E-state index contributed by atoms with van der Waals surface area (Å²) in [6.45, 7) is 3.17. The Kier molecular flexibility index (Phi) is 1.99. The molecule has 1 aromatic heterocycles. The molecule has 1 rings (SSSR count). The van der Waals surface area contributed by atoms with Crippen LogP contribution in [0.3, 0.4) is 0 Å². The molecule has 4 nitrogen and oxygen atoms in total. The molecule has 0 radical (unpaired) electrons. The highest BCUT2D eigenvalue weighted by molar-refractivity contribution is 5.89. The summed E-state index contributed by atoms with van der Waals surface area (Å²) in [6.07, 6.45) is 1.24. The third kappa shape index (κ3) is 1.23. The van der Waals surface area contributed by atoms with Crippen molar-refractivity contribution >= 4 is 5.97 Å². The molecule has 0 unspecified atom stereocenters. The number of hydrogen-bond acceptors (Lipinski definition) is 3. The first-order valence-electron chi connectivity index (χ1n) is 3.42. The van der Waals surface area contributed by atoms with Crippen LogP contribution in [0.1, 0.15) is 21.6 Å². The Bertz CT molecular complexity index is 333. The van der Waals surface area contributed by atoms with Crippen LogP contribution in [-0.2, 0) is 0 Å². The Morgan fingerprint density at radius 3 is 2.58 bits per heavy atom. The van der Waals surface area contributed by atoms with E-state index in [1.54, 1.807) is 13.8 Å². The average molecular weight is 167 g/mol. The third-order valence-corrected chi connectivity index (χ3v) is 1.72. The Balaban J connectivity index is 3.36. The Hall–Kier alpha value is -1.58. The molecule has 2 N–H and O–H groups in total. The van der Waals surface area contributed by atoms with Gasteiger partial charge in [-0.2, -0.15) is 0 Å². The quantitative estimate of drug-likeness (QED) is 0.657. The summed E-state index contributed by atoms with van der Waals surface area (Å²) < 4.78 is 0. The van der Waals surface area contributed by atoms with Gasteiger partial charge in [0.05, 0.1) is 11.3 Å². The van der Waals surface area contributed by atoms with E-state index in [4.69, 9.17) is 5.11 Å². The second-order valence-electron chi connectivity index (χ2n) is 2.54. The molecule has 0 saturated carbocycles. The largest absolute Gasteiger partial charge is 0.506 e. The molecule has 0 bridgehead atoms. The van der Waals surface area contributed by atoms with Gasteiger partial charge in [0.2, 0.25) is 0 Å². The van der Waals surface area contributed by atoms with E-state index < -0.39 is 5.97 Å². The predicted octanol–water partition coefficient (Wildman–Crippen LogP) is 1.10. The molecule has 0 atom stereocenters. The zero-order chi connectivity index (χ0) is 9.30. The van der Waals surface area contributed by atoms with Crippen LogP contribution in [0.5, 0.6) is 5.75 Å². The molecule has 1 aromatic rings. The molecular formula is C8H9NO3. The van der Waals surface area contributed by atoms with Gasteiger partial charge in [0, 0.05) is 11.8 Å². The van der Waals surface area contributed by atoms with Crippen LogP contribution in [0, 0.1) is 13.8 Å². The van der Waals surface area contributed by atoms with Crippen molar-refractivity contribution in [1.82, 2.24) is 4.98 Å². The third-order valence-electron chi connectivity index (χ3n) is 1.72. The second-order valence-corrected chi connectivity index (χ2v) is 2.54. The van der Waals surface area contributed by atoms with Crippen LogP contribution in [0.2, 0.25) is 0 Å². The molecule has 0 saturated heterocycles. The average Bonchev–Trinajstić information content (AvgIpc) is 2.00. The van der Waals surface area contributed by atoms with Crippen molar-refractivity contribution < 1.29 is 15.0 Å². The zero-order valence-electron chi connectivity index (χ0n) is 6.83. The molecule has 0 fully saturated rings. The van der Waals surface area contributed by atoms with Crippen molar-refractivity contribution in [3.05, 3.63) is 23.0 Å². The molecule has 0 aromatic carbocycles. The van der Waals surface area contributed by atoms with Gasteiger partial charge < -0.3 is 10.2 Å². The summed E-state index contributed by atoms with van der Waals surface area (Å²) in [5, 5.41) is 17.9. The first-order valence-corrected chi connectivity index (χ1v) is 3.42. The van der Waals surface area contributed by atoms with Crippen LogP contribution in [-0.4, -0.2) is 21.2 Å². The first-order chi connectivity index (χ1) is 5.54. The van der Waals surface area contributed by atoms with Crippen molar-refractivity contribution in [2.45, 2.75) is 13.8 Å². The van der Waals surface area contributed by atoms with Crippen molar-refractivity contribution in [2.24, 2.45) is 0 Å². The normalized spacial score (nSPS) is 9.83. The fourth-order valence-corrected chi connectivity index (χ4v) is 0.934. The maximum absolute atomic E-state index is 10.5. The molecule has 1 heterocycles. The van der Waals surface area contributed by atoms with E-state index in [0.717, 1.165) is 0 Å². The highest BCUT2D eigenvalue weighted by Crippen LogP contribution is 2.21. The van der Waals surface area contributed by atoms with E-state index in [0.29, 0.717) is 11.3 Å². The molecule has 64 valence electrons. The number of carboxylic acids is 1. The summed E-state index contributed by atoms with van der Waals surface area (Å²) in [6, 6.07) is 0. The number of aromatic carboxylic acids is 1. The minimum Gasteiger partial charge on any atom is -0.506 e. The van der Waals surface area contributed by atoms with E-state index in [2.05, 4.69) is 4.98 Å². The molecule has 0 spiro atoms. The Labute approximate surface area is 69.5 Å². The maximum atomic E-state index is 10.5. The van der Waals surface area contributed by atoms with Gasteiger partial charge in [-0.05, 0) is 13.8 Å². The summed E-state index contributed by atoms with van der Waals surface area (Å²) in [4.78, 5) is 14.3. The number of rotatable bonds is 1. The van der Waals surface area contributed by atoms with Gasteiger partial charge >= 0.3 is 5.97 Å². The Morgan fingerprint density at radius 2 is 2.08 bits per heavy atom. The van der Waals surface area contributed by atoms with E-state index >= 15 is 0 Å². The fraction of sp³-hybridized carbons (Fsp3) is 0.250. The SMILES string of the molecule is Cc1ncc(C(=O)O)c(C)c1O. The number of aryl methyl sites for hydroxylation is 1. The minimum absolute atomic E-state index is 0.0399. The van der Waals surface area contributed by atoms with Crippen LogP contribution in [0.15, 0.2) is 6.20 Å². The van der Waals surface area contributed by atoms with E-state index in [1.165, 1.54) is 6.20 Å². The minimum atomic E-state index is -1.07. The van der Waals surface area contributed by atoms with Crippen molar-refractivity contribution in [3.8, 4) is 5.75 Å². The Morgan fingerprint density at radius 1 is 1.50 bits per heavy atom. The van der Waals surface area contributed by atoms with Gasteiger partial charge in [0.1, 0.15) is 5.75 Å². The van der Waals surface area contributed by atoms with Gasteiger partial charge in [-0.1, -0.05) is 0 Å². The van der Waals surface area contributed by atoms with Gasteiger partial charge in [-0.15, -0.1) is 0 Å². The number of pyridine rings is 1. The highest BCUT2D eigenvalue weighted by atomic mass is 16.4. The summed E-state index contributed by atoms with van der Waals surface area (Å²) in [5.41, 5.74) is 0.839. The van der Waals surface area contributed by atoms with Gasteiger partial charge in [-0.3, -0.25) is 4.98 Å². The number of nitrogens with zero attached hydrogens (tertiary/aromatic N) is 1. The topological polar surface area (TPSA) is 70.4 Å². The smallest absolute Gasteiger partial charge is 0.337 e. The molecule has 4 heteroatoms. The lowest BCUT2D eigenvalue weighted by molar-refractivity contribution is 0.0695. The lowest BCUT2D eigenvalue weighted by Crippen LogP contribution is -2.01. The maximum Gasteiger partial charge on any atom is 0.337 e. The summed E-state index contributed by atoms with van der Waals surface area (Å²) in [7, 11) is 0. The van der Waals surface area contributed by atoms with Crippen LogP contribution in [0.25, 0.3) is 0 Å². The predicted molar refractivity (Wildman–Crippen MR) is 42.3 cm³/mol. The van der Waals surface area contributed by atoms with Crippen molar-refractivity contribution in [1.29, 1.82) is 0 Å². The van der Waals surface area contributed by atoms with Gasteiger partial charge in [-0.25, -0.2) is 4.79 Å². The molecule has 12 heavy (non-hydrogen) atoms. The molecule has 0 aliphatic heterocycles. The van der Waals surface area contributed by atoms with Crippen LogP contribution in [0.4, 0.5) is 0 Å². The number of aromatic nitrogens is 1. The number of aromatic hydroxyl groups is 1. The number of carboxylic acid groups (broad SMARTS) is 1. The van der Waals surface area contributed by atoms with Crippen molar-refractivity contribution in [2.75, 3.05) is 0 Å². The second kappa shape index (κ2) is 2.81. The van der Waals surface area contributed by atoms with E-state index in [1.807, 2.05) is 0 Å². The molecule has 0 amide bonds. The van der Waals surface area contributed by atoms with Crippen LogP contribution < -0.4 is 0 Å². The van der Waals surface area contributed by atoms with Crippen molar-refractivity contribution in [3.63, 3.8) is 0 Å². The van der Waals surface area contributed by atoms with Gasteiger partial charge in [0.15, 0.2) is 0 Å². The summed E-state index contributed by atoms with van der Waals surface area (Å²) >= 11 is 0. The monoisotopic (exact) mass is 167 g/mol. The lowest BCUT2D eigenvalue weighted by Gasteiger charge is -2.04. The van der Waals surface area contributed by atoms with E-state index in [-0.39, 0.29) is 11.3 Å². The lowest BCUT2D eigenvalue weighted by atomic mass is 10.1. The number of hydrogen-bond donors (Lipinski definition) is 2. The van der Waals surface area contributed by atoms with E-state index in [9.17, 15) is 9.90 Å². The number of carbonyl (C=O) groups is 1. The highest BCUT2D eigenvalue weighted by Gasteiger charge is 2.12.